The predicted molar refractivity (Wildman–Crippen MR) is 63.3 cm³/mol. The molecule has 1 atom stereocenters. The molecule has 0 saturated heterocycles. The van der Waals surface area contributed by atoms with E-state index < -0.39 is 0 Å². The van der Waals surface area contributed by atoms with E-state index in [9.17, 15) is 0 Å². The zero-order valence-corrected chi connectivity index (χ0v) is 10.2. The second-order valence-corrected chi connectivity index (χ2v) is 3.68. The summed E-state index contributed by atoms with van der Waals surface area (Å²) in [6.45, 7) is 2.12. The second-order valence-electron chi connectivity index (χ2n) is 3.37. The van der Waals surface area contributed by atoms with Gasteiger partial charge in [0.15, 0.2) is 0 Å². The Kier molecular flexibility index (Phi) is 4.76. The van der Waals surface area contributed by atoms with E-state index in [4.69, 9.17) is 21.1 Å². The molecule has 84 valence electrons. The first-order chi connectivity index (χ1) is 7.26. The Morgan fingerprint density at radius 2 is 2.00 bits per heavy atom. The summed E-state index contributed by atoms with van der Waals surface area (Å²) in [7, 11) is 3.31. The number of rotatable bonds is 5. The topological polar surface area (TPSA) is 18.5 Å². The van der Waals surface area contributed by atoms with Crippen LogP contribution >= 0.6 is 11.6 Å². The van der Waals surface area contributed by atoms with Crippen molar-refractivity contribution in [2.45, 2.75) is 19.3 Å². The molecule has 0 fully saturated rings. The van der Waals surface area contributed by atoms with Gasteiger partial charge < -0.3 is 9.47 Å². The van der Waals surface area contributed by atoms with E-state index in [1.807, 2.05) is 18.2 Å². The lowest BCUT2D eigenvalue weighted by Gasteiger charge is -2.16. The fraction of sp³-hybridized carbons (Fsp3) is 0.500. The maximum Gasteiger partial charge on any atom is 0.126 e. The van der Waals surface area contributed by atoms with E-state index in [0.717, 1.165) is 23.5 Å². The molecule has 0 aliphatic carbocycles. The van der Waals surface area contributed by atoms with Crippen LogP contribution in [0, 0.1) is 0 Å². The summed E-state index contributed by atoms with van der Waals surface area (Å²) in [5.41, 5.74) is 1.15. The molecular formula is C12H17ClO2. The quantitative estimate of drug-likeness (QED) is 0.719. The van der Waals surface area contributed by atoms with E-state index in [1.165, 1.54) is 0 Å². The molecule has 0 radical (unpaired) electrons. The molecule has 0 bridgehead atoms. The van der Waals surface area contributed by atoms with Crippen LogP contribution in [-0.4, -0.2) is 20.1 Å². The standard InChI is InChI=1S/C12H17ClO2/c1-4-9(8-13)11-6-5-10(14-2)7-12(11)15-3/h5-7,9H,4,8H2,1-3H3. The van der Waals surface area contributed by atoms with Gasteiger partial charge in [0.05, 0.1) is 14.2 Å². The fourth-order valence-corrected chi connectivity index (χ4v) is 1.95. The third-order valence-corrected chi connectivity index (χ3v) is 2.93. The van der Waals surface area contributed by atoms with Crippen LogP contribution in [0.2, 0.25) is 0 Å². The first-order valence-electron chi connectivity index (χ1n) is 5.04. The van der Waals surface area contributed by atoms with Gasteiger partial charge in [0.1, 0.15) is 11.5 Å². The van der Waals surface area contributed by atoms with Gasteiger partial charge in [-0.05, 0) is 18.1 Å². The molecule has 0 N–H and O–H groups in total. The molecule has 0 aliphatic heterocycles. The third kappa shape index (κ3) is 2.78. The van der Waals surface area contributed by atoms with Crippen molar-refractivity contribution in [3.63, 3.8) is 0 Å². The van der Waals surface area contributed by atoms with Crippen LogP contribution < -0.4 is 9.47 Å². The molecule has 1 unspecified atom stereocenters. The van der Waals surface area contributed by atoms with E-state index in [1.54, 1.807) is 14.2 Å². The van der Waals surface area contributed by atoms with Crippen LogP contribution in [0.5, 0.6) is 11.5 Å². The smallest absolute Gasteiger partial charge is 0.126 e. The summed E-state index contributed by atoms with van der Waals surface area (Å²) >= 11 is 5.92. The Labute approximate surface area is 96.2 Å². The lowest BCUT2D eigenvalue weighted by atomic mass is 9.97. The Balaban J connectivity index is 3.06. The molecule has 15 heavy (non-hydrogen) atoms. The molecule has 0 aromatic heterocycles. The SMILES string of the molecule is CCC(CCl)c1ccc(OC)cc1OC. The molecule has 0 heterocycles. The molecule has 1 aromatic carbocycles. The van der Waals surface area contributed by atoms with Crippen LogP contribution in [0.1, 0.15) is 24.8 Å². The average molecular weight is 229 g/mol. The number of methoxy groups -OCH3 is 2. The van der Waals surface area contributed by atoms with Gasteiger partial charge in [-0.3, -0.25) is 0 Å². The zero-order chi connectivity index (χ0) is 11.3. The molecule has 1 aromatic rings. The highest BCUT2D eigenvalue weighted by atomic mass is 35.5. The average Bonchev–Trinajstić information content (AvgIpc) is 2.31. The molecular weight excluding hydrogens is 212 g/mol. The Hall–Kier alpha value is -0.890. The van der Waals surface area contributed by atoms with E-state index in [0.29, 0.717) is 11.8 Å². The van der Waals surface area contributed by atoms with Gasteiger partial charge in [-0.15, -0.1) is 11.6 Å². The molecule has 1 rings (SSSR count). The van der Waals surface area contributed by atoms with Gasteiger partial charge in [0.25, 0.3) is 0 Å². The van der Waals surface area contributed by atoms with E-state index in [-0.39, 0.29) is 0 Å². The molecule has 0 aliphatic rings. The number of alkyl halides is 1. The number of hydrogen-bond acceptors (Lipinski definition) is 2. The number of hydrogen-bond donors (Lipinski definition) is 0. The predicted octanol–water partition coefficient (Wildman–Crippen LogP) is 3.44. The van der Waals surface area contributed by atoms with Crippen molar-refractivity contribution in [2.24, 2.45) is 0 Å². The minimum absolute atomic E-state index is 0.340. The summed E-state index contributed by atoms with van der Waals surface area (Å²) in [5.74, 6) is 2.61. The highest BCUT2D eigenvalue weighted by molar-refractivity contribution is 6.18. The van der Waals surface area contributed by atoms with Gasteiger partial charge in [0, 0.05) is 17.9 Å². The van der Waals surface area contributed by atoms with Crippen LogP contribution in [0.4, 0.5) is 0 Å². The van der Waals surface area contributed by atoms with Gasteiger partial charge in [-0.25, -0.2) is 0 Å². The van der Waals surface area contributed by atoms with Gasteiger partial charge >= 0.3 is 0 Å². The molecule has 3 heteroatoms. The van der Waals surface area contributed by atoms with Gasteiger partial charge in [-0.1, -0.05) is 13.0 Å². The first-order valence-corrected chi connectivity index (χ1v) is 5.58. The Morgan fingerprint density at radius 3 is 2.47 bits per heavy atom. The minimum atomic E-state index is 0.340. The van der Waals surface area contributed by atoms with E-state index in [2.05, 4.69) is 6.92 Å². The number of ether oxygens (including phenoxy) is 2. The summed E-state index contributed by atoms with van der Waals surface area (Å²) in [6.07, 6.45) is 1.01. The lowest BCUT2D eigenvalue weighted by molar-refractivity contribution is 0.388. The molecule has 2 nitrogen and oxygen atoms in total. The summed E-state index contributed by atoms with van der Waals surface area (Å²) in [4.78, 5) is 0. The molecule has 0 spiro atoms. The van der Waals surface area contributed by atoms with Gasteiger partial charge in [0.2, 0.25) is 0 Å². The summed E-state index contributed by atoms with van der Waals surface area (Å²) in [6, 6.07) is 5.85. The summed E-state index contributed by atoms with van der Waals surface area (Å²) in [5, 5.41) is 0. The van der Waals surface area contributed by atoms with Crippen molar-refractivity contribution in [3.05, 3.63) is 23.8 Å². The van der Waals surface area contributed by atoms with Crippen LogP contribution in [0.3, 0.4) is 0 Å². The van der Waals surface area contributed by atoms with Crippen molar-refractivity contribution in [3.8, 4) is 11.5 Å². The zero-order valence-electron chi connectivity index (χ0n) is 9.42. The molecule has 0 saturated carbocycles. The van der Waals surface area contributed by atoms with Crippen molar-refractivity contribution >= 4 is 11.6 Å². The fourth-order valence-electron chi connectivity index (χ4n) is 1.57. The largest absolute Gasteiger partial charge is 0.497 e. The van der Waals surface area contributed by atoms with Crippen molar-refractivity contribution in [2.75, 3.05) is 20.1 Å². The summed E-state index contributed by atoms with van der Waals surface area (Å²) < 4.78 is 10.5. The van der Waals surface area contributed by atoms with E-state index >= 15 is 0 Å². The highest BCUT2D eigenvalue weighted by Gasteiger charge is 2.13. The van der Waals surface area contributed by atoms with Crippen LogP contribution in [0.25, 0.3) is 0 Å². The van der Waals surface area contributed by atoms with Crippen molar-refractivity contribution in [1.82, 2.24) is 0 Å². The second kappa shape index (κ2) is 5.86. The monoisotopic (exact) mass is 228 g/mol. The van der Waals surface area contributed by atoms with Gasteiger partial charge in [-0.2, -0.15) is 0 Å². The minimum Gasteiger partial charge on any atom is -0.497 e. The highest BCUT2D eigenvalue weighted by Crippen LogP contribution is 2.32. The molecule has 0 amide bonds. The van der Waals surface area contributed by atoms with Crippen molar-refractivity contribution < 1.29 is 9.47 Å². The maximum absolute atomic E-state index is 5.92. The maximum atomic E-state index is 5.92. The lowest BCUT2D eigenvalue weighted by Crippen LogP contribution is -2.02. The number of halogens is 1. The number of benzene rings is 1. The van der Waals surface area contributed by atoms with Crippen molar-refractivity contribution in [1.29, 1.82) is 0 Å². The third-order valence-electron chi connectivity index (χ3n) is 2.56. The normalized spacial score (nSPS) is 12.3. The Morgan fingerprint density at radius 1 is 1.27 bits per heavy atom. The first kappa shape index (κ1) is 12.2. The van der Waals surface area contributed by atoms with Crippen LogP contribution in [-0.2, 0) is 0 Å². The van der Waals surface area contributed by atoms with Crippen LogP contribution in [0.15, 0.2) is 18.2 Å². The Bertz CT molecular complexity index is 308.